The number of hydrogen-bond donors (Lipinski definition) is 6. The highest BCUT2D eigenvalue weighted by Gasteiger charge is 2.56. The first kappa shape index (κ1) is 27.9. The number of rotatable bonds is 0. The quantitative estimate of drug-likeness (QED) is 0.261. The van der Waals surface area contributed by atoms with Crippen LogP contribution >= 0.6 is 0 Å². The van der Waals surface area contributed by atoms with E-state index in [9.17, 15) is 0 Å². The van der Waals surface area contributed by atoms with Gasteiger partial charge in [-0.15, -0.1) is 0 Å². The second kappa shape index (κ2) is 11.2. The minimum Gasteiger partial charge on any atom is -0.286 e. The second-order valence-corrected chi connectivity index (χ2v) is 16.5. The van der Waals surface area contributed by atoms with Crippen LogP contribution in [0, 0.1) is 47.3 Å². The summed E-state index contributed by atoms with van der Waals surface area (Å²) in [6.07, 6.45) is 25.9. The van der Waals surface area contributed by atoms with Gasteiger partial charge in [-0.1, -0.05) is 51.4 Å². The van der Waals surface area contributed by atoms with Crippen LogP contribution in [0.5, 0.6) is 0 Å². The molecule has 9 fully saturated rings. The molecule has 8 heteroatoms. The molecule has 16 atom stereocenters. The lowest BCUT2D eigenvalue weighted by Gasteiger charge is -2.37. The molecule has 5 heterocycles. The van der Waals surface area contributed by atoms with E-state index in [1.807, 2.05) is 0 Å². The van der Waals surface area contributed by atoms with Gasteiger partial charge in [0, 0.05) is 0 Å². The van der Waals surface area contributed by atoms with Crippen molar-refractivity contribution in [2.75, 3.05) is 14.1 Å². The fourth-order valence-electron chi connectivity index (χ4n) is 12.8. The molecule has 8 nitrogen and oxygen atoms in total. The predicted octanol–water partition coefficient (Wildman–Crippen LogP) is 3.29. The molecule has 9 rings (SSSR count). The van der Waals surface area contributed by atoms with E-state index < -0.39 is 0 Å². The molecule has 236 valence electrons. The number of nitrogens with one attached hydrogen (secondary N) is 6. The third kappa shape index (κ3) is 4.44. The molecule has 5 aliphatic heterocycles. The van der Waals surface area contributed by atoms with Crippen molar-refractivity contribution in [3.63, 3.8) is 0 Å². The lowest BCUT2D eigenvalue weighted by Crippen LogP contribution is -2.62. The maximum absolute atomic E-state index is 4.37. The maximum Gasteiger partial charge on any atom is 0.0652 e. The van der Waals surface area contributed by atoms with Crippen LogP contribution in [0.1, 0.15) is 103 Å². The third-order valence-corrected chi connectivity index (χ3v) is 14.7. The van der Waals surface area contributed by atoms with E-state index in [2.05, 4.69) is 55.8 Å². The number of fused-ring (bicyclic) bond motifs is 20. The van der Waals surface area contributed by atoms with Gasteiger partial charge >= 0.3 is 0 Å². The van der Waals surface area contributed by atoms with Gasteiger partial charge in [0.1, 0.15) is 0 Å². The Kier molecular flexibility index (Phi) is 7.44. The summed E-state index contributed by atoms with van der Waals surface area (Å²) in [6, 6.07) is 0. The molecule has 0 aromatic heterocycles. The van der Waals surface area contributed by atoms with Crippen LogP contribution in [0.2, 0.25) is 0 Å². The highest BCUT2D eigenvalue weighted by molar-refractivity contribution is 5.08. The molecule has 0 aromatic carbocycles. The molecule has 0 aromatic rings. The molecule has 16 unspecified atom stereocenters. The Labute approximate surface area is 255 Å². The normalized spacial score (nSPS) is 56.4. The van der Waals surface area contributed by atoms with Gasteiger partial charge in [-0.3, -0.25) is 41.7 Å². The van der Waals surface area contributed by atoms with E-state index in [-0.39, 0.29) is 0 Å². The van der Waals surface area contributed by atoms with Crippen molar-refractivity contribution >= 4 is 0 Å². The Morgan fingerprint density at radius 2 is 0.524 bits per heavy atom. The van der Waals surface area contributed by atoms with Crippen molar-refractivity contribution in [3.05, 3.63) is 0 Å². The predicted molar refractivity (Wildman–Crippen MR) is 166 cm³/mol. The largest absolute Gasteiger partial charge is 0.286 e. The number of nitrogens with zero attached hydrogens (tertiary/aromatic N) is 2. The van der Waals surface area contributed by atoms with Crippen LogP contribution in [0.25, 0.3) is 0 Å². The Balaban J connectivity index is 1.09. The zero-order valence-corrected chi connectivity index (χ0v) is 26.4. The summed E-state index contributed by atoms with van der Waals surface area (Å²) < 4.78 is 0. The SMILES string of the molecule is CN1C2NC3NC(NC4C5CCCCC5C(NC5NC(NC1C1CCCCC12)C1CCCCC51)N4C)C1CCCCC31. The summed E-state index contributed by atoms with van der Waals surface area (Å²) in [7, 11) is 4.89. The Bertz CT molecular complexity index is 831. The van der Waals surface area contributed by atoms with Gasteiger partial charge in [0.15, 0.2) is 0 Å². The molecule has 0 amide bonds. The molecular formula is C34H60N8. The van der Waals surface area contributed by atoms with Gasteiger partial charge in [0.05, 0.1) is 49.3 Å². The molecule has 4 aliphatic carbocycles. The van der Waals surface area contributed by atoms with Crippen LogP contribution in [0.3, 0.4) is 0 Å². The molecule has 42 heavy (non-hydrogen) atoms. The van der Waals surface area contributed by atoms with Crippen molar-refractivity contribution < 1.29 is 0 Å². The first-order valence-electron chi connectivity index (χ1n) is 18.7. The summed E-state index contributed by atoms with van der Waals surface area (Å²) in [5, 5.41) is 26.0. The summed E-state index contributed by atoms with van der Waals surface area (Å²) >= 11 is 0. The molecule has 0 spiro atoms. The summed E-state index contributed by atoms with van der Waals surface area (Å²) in [6.45, 7) is 0. The number of hydrogen-bond acceptors (Lipinski definition) is 8. The molecule has 0 radical (unpaired) electrons. The van der Waals surface area contributed by atoms with E-state index in [4.69, 9.17) is 0 Å². The smallest absolute Gasteiger partial charge is 0.0652 e. The fourth-order valence-corrected chi connectivity index (χ4v) is 12.8. The summed E-state index contributed by atoms with van der Waals surface area (Å²) in [5.74, 6) is 6.03. The lowest BCUT2D eigenvalue weighted by atomic mass is 9.76. The van der Waals surface area contributed by atoms with E-state index in [1.165, 1.54) is 103 Å². The fraction of sp³-hybridized carbons (Fsp3) is 1.00. The van der Waals surface area contributed by atoms with E-state index >= 15 is 0 Å². The van der Waals surface area contributed by atoms with E-state index in [1.54, 1.807) is 0 Å². The molecule has 8 bridgehead atoms. The van der Waals surface area contributed by atoms with Gasteiger partial charge in [-0.05, 0) is 113 Å². The lowest BCUT2D eigenvalue weighted by molar-refractivity contribution is 0.110. The zero-order valence-electron chi connectivity index (χ0n) is 26.4. The Hall–Kier alpha value is -0.320. The Morgan fingerprint density at radius 3 is 0.762 bits per heavy atom. The first-order valence-corrected chi connectivity index (χ1v) is 18.7. The topological polar surface area (TPSA) is 78.7 Å². The molecule has 4 saturated carbocycles. The van der Waals surface area contributed by atoms with Crippen molar-refractivity contribution in [3.8, 4) is 0 Å². The van der Waals surface area contributed by atoms with Crippen LogP contribution in [-0.2, 0) is 0 Å². The minimum absolute atomic E-state index is 0.425. The zero-order chi connectivity index (χ0) is 27.9. The first-order chi connectivity index (χ1) is 20.7. The van der Waals surface area contributed by atoms with Gasteiger partial charge in [0.25, 0.3) is 0 Å². The monoisotopic (exact) mass is 580 g/mol. The van der Waals surface area contributed by atoms with Gasteiger partial charge < -0.3 is 0 Å². The van der Waals surface area contributed by atoms with Gasteiger partial charge in [0.2, 0.25) is 0 Å². The second-order valence-electron chi connectivity index (χ2n) is 16.5. The van der Waals surface area contributed by atoms with Gasteiger partial charge in [-0.25, -0.2) is 0 Å². The highest BCUT2D eigenvalue weighted by atomic mass is 15.5. The van der Waals surface area contributed by atoms with E-state index in [0.29, 0.717) is 49.3 Å². The minimum atomic E-state index is 0.425. The van der Waals surface area contributed by atoms with Crippen molar-refractivity contribution in [2.24, 2.45) is 47.3 Å². The third-order valence-electron chi connectivity index (χ3n) is 14.7. The summed E-state index contributed by atoms with van der Waals surface area (Å²) in [5.41, 5.74) is 0. The standard InChI is InChI=1S/C34H60N8/c1-41-31-23-15-7-8-16-24(23)32(41)38-28-20-12-4-6-14-22(20)30(36-28)40-34-26-18-10-9-17-25(26)33(42(34)2)39-29-21-13-5-3-11-19(21)27(35-29)37-31/h19-40H,3-18H2,1-2H3. The average Bonchev–Trinajstić information content (AvgIpc) is 3.71. The van der Waals surface area contributed by atoms with Crippen LogP contribution in [0.4, 0.5) is 0 Å². The van der Waals surface area contributed by atoms with Crippen molar-refractivity contribution in [1.29, 1.82) is 0 Å². The molecule has 9 aliphatic rings. The average molecular weight is 581 g/mol. The molecule has 5 saturated heterocycles. The Morgan fingerprint density at radius 1 is 0.310 bits per heavy atom. The highest BCUT2D eigenvalue weighted by Crippen LogP contribution is 2.48. The molecule has 6 N–H and O–H groups in total. The van der Waals surface area contributed by atoms with Crippen LogP contribution < -0.4 is 31.9 Å². The van der Waals surface area contributed by atoms with Gasteiger partial charge in [-0.2, -0.15) is 0 Å². The van der Waals surface area contributed by atoms with Crippen LogP contribution in [-0.4, -0.2) is 73.2 Å². The molecular weight excluding hydrogens is 520 g/mol. The van der Waals surface area contributed by atoms with E-state index in [0.717, 1.165) is 47.3 Å². The van der Waals surface area contributed by atoms with Crippen molar-refractivity contribution in [1.82, 2.24) is 41.7 Å². The van der Waals surface area contributed by atoms with Crippen LogP contribution in [0.15, 0.2) is 0 Å². The summed E-state index contributed by atoms with van der Waals surface area (Å²) in [4.78, 5) is 5.53. The maximum atomic E-state index is 4.37. The van der Waals surface area contributed by atoms with Crippen molar-refractivity contribution in [2.45, 2.75) is 152 Å².